The molecule has 0 heterocycles. The van der Waals surface area contributed by atoms with Gasteiger partial charge >= 0.3 is 0 Å². The van der Waals surface area contributed by atoms with Crippen LogP contribution < -0.4 is 10.1 Å². The van der Waals surface area contributed by atoms with E-state index in [-0.39, 0.29) is 5.91 Å². The van der Waals surface area contributed by atoms with E-state index < -0.39 is 0 Å². The van der Waals surface area contributed by atoms with Gasteiger partial charge in [-0.1, -0.05) is 0 Å². The molecule has 0 fully saturated rings. The summed E-state index contributed by atoms with van der Waals surface area (Å²) in [7, 11) is 1.60. The summed E-state index contributed by atoms with van der Waals surface area (Å²) in [5.74, 6) is 0.621. The zero-order chi connectivity index (χ0) is 14.7. The van der Waals surface area contributed by atoms with E-state index >= 15 is 0 Å². The van der Waals surface area contributed by atoms with Crippen molar-refractivity contribution >= 4 is 34.2 Å². The summed E-state index contributed by atoms with van der Waals surface area (Å²) in [6.07, 6.45) is 0. The fourth-order valence-electron chi connectivity index (χ4n) is 1.81. The molecule has 20 heavy (non-hydrogen) atoms. The quantitative estimate of drug-likeness (QED) is 0.811. The number of carbonyl (C=O) groups excluding carboxylic acids is 1. The van der Waals surface area contributed by atoms with Gasteiger partial charge in [0.25, 0.3) is 5.91 Å². The first-order chi connectivity index (χ1) is 9.51. The normalized spacial score (nSPS) is 10.2. The number of nitrogens with one attached hydrogen (secondary N) is 1. The van der Waals surface area contributed by atoms with Crippen molar-refractivity contribution in [3.8, 4) is 5.75 Å². The number of halogens is 1. The fourth-order valence-corrected chi connectivity index (χ4v) is 2.57. The van der Waals surface area contributed by atoms with E-state index in [1.165, 1.54) is 5.56 Å². The number of aryl methyl sites for hydroxylation is 2. The number of ether oxygens (including phenoxy) is 1. The summed E-state index contributed by atoms with van der Waals surface area (Å²) in [6.45, 7) is 4.10. The van der Waals surface area contributed by atoms with Crippen LogP contribution in [0.25, 0.3) is 0 Å². The standard InChI is InChI=1S/C16H16INO2/c1-10-8-14(17)15(9-11(10)2)18-16(19)12-4-6-13(20-3)7-5-12/h4-9H,1-3H3,(H,18,19). The Balaban J connectivity index is 2.20. The van der Waals surface area contributed by atoms with Crippen molar-refractivity contribution in [2.45, 2.75) is 13.8 Å². The first-order valence-corrected chi connectivity index (χ1v) is 7.31. The molecule has 0 aromatic heterocycles. The molecule has 3 nitrogen and oxygen atoms in total. The Labute approximate surface area is 132 Å². The van der Waals surface area contributed by atoms with E-state index in [2.05, 4.69) is 40.9 Å². The van der Waals surface area contributed by atoms with Crippen LogP contribution in [0, 0.1) is 17.4 Å². The molecule has 0 saturated heterocycles. The molecule has 0 bridgehead atoms. The first kappa shape index (κ1) is 14.8. The second-order valence-corrected chi connectivity index (χ2v) is 5.76. The monoisotopic (exact) mass is 381 g/mol. The van der Waals surface area contributed by atoms with Gasteiger partial charge in [-0.2, -0.15) is 0 Å². The lowest BCUT2D eigenvalue weighted by Gasteiger charge is -2.10. The largest absolute Gasteiger partial charge is 0.497 e. The van der Waals surface area contributed by atoms with E-state index in [1.54, 1.807) is 31.4 Å². The predicted molar refractivity (Wildman–Crippen MR) is 89.6 cm³/mol. The minimum Gasteiger partial charge on any atom is -0.497 e. The summed E-state index contributed by atoms with van der Waals surface area (Å²) < 4.78 is 6.12. The van der Waals surface area contributed by atoms with Crippen molar-refractivity contribution in [1.82, 2.24) is 0 Å². The van der Waals surface area contributed by atoms with Gasteiger partial charge in [0.15, 0.2) is 0 Å². The van der Waals surface area contributed by atoms with Gasteiger partial charge in [0.05, 0.1) is 12.8 Å². The summed E-state index contributed by atoms with van der Waals surface area (Å²) in [6, 6.07) is 11.1. The molecule has 4 heteroatoms. The second-order valence-electron chi connectivity index (χ2n) is 4.60. The Hall–Kier alpha value is -1.56. The maximum absolute atomic E-state index is 12.2. The van der Waals surface area contributed by atoms with E-state index in [0.717, 1.165) is 20.6 Å². The molecule has 104 valence electrons. The molecule has 2 aromatic carbocycles. The Morgan fingerprint density at radius 1 is 1.10 bits per heavy atom. The van der Waals surface area contributed by atoms with Crippen molar-refractivity contribution in [3.05, 3.63) is 56.7 Å². The number of anilines is 1. The Morgan fingerprint density at radius 2 is 1.70 bits per heavy atom. The van der Waals surface area contributed by atoms with E-state index in [1.807, 2.05) is 13.0 Å². The smallest absolute Gasteiger partial charge is 0.255 e. The maximum atomic E-state index is 12.2. The van der Waals surface area contributed by atoms with Gasteiger partial charge in [0.2, 0.25) is 0 Å². The number of hydrogen-bond donors (Lipinski definition) is 1. The number of carbonyl (C=O) groups is 1. The molecule has 2 aromatic rings. The zero-order valence-electron chi connectivity index (χ0n) is 11.7. The molecular weight excluding hydrogens is 365 g/mol. The third kappa shape index (κ3) is 3.30. The first-order valence-electron chi connectivity index (χ1n) is 6.23. The maximum Gasteiger partial charge on any atom is 0.255 e. The lowest BCUT2D eigenvalue weighted by molar-refractivity contribution is 0.102. The van der Waals surface area contributed by atoms with Gasteiger partial charge in [-0.3, -0.25) is 4.79 Å². The average Bonchev–Trinajstić information content (AvgIpc) is 2.44. The lowest BCUT2D eigenvalue weighted by atomic mass is 10.1. The second kappa shape index (κ2) is 6.26. The third-order valence-electron chi connectivity index (χ3n) is 3.18. The molecule has 0 aliphatic rings. The highest BCUT2D eigenvalue weighted by Gasteiger charge is 2.09. The van der Waals surface area contributed by atoms with Gasteiger partial charge in [0, 0.05) is 9.13 Å². The SMILES string of the molecule is COc1ccc(C(=O)Nc2cc(C)c(C)cc2I)cc1. The van der Waals surface area contributed by atoms with Crippen molar-refractivity contribution in [2.75, 3.05) is 12.4 Å². The molecule has 0 atom stereocenters. The Bertz CT molecular complexity index is 636. The van der Waals surface area contributed by atoms with Crippen LogP contribution in [0.3, 0.4) is 0 Å². The van der Waals surface area contributed by atoms with Gasteiger partial charge in [-0.05, 0) is 84.0 Å². The molecule has 2 rings (SSSR count). The molecule has 0 aliphatic heterocycles. The van der Waals surface area contributed by atoms with Gasteiger partial charge < -0.3 is 10.1 Å². The van der Waals surface area contributed by atoms with Gasteiger partial charge in [0.1, 0.15) is 5.75 Å². The predicted octanol–water partition coefficient (Wildman–Crippen LogP) is 4.17. The molecule has 1 amide bonds. The van der Waals surface area contributed by atoms with Crippen molar-refractivity contribution in [3.63, 3.8) is 0 Å². The molecule has 0 unspecified atom stereocenters. The minimum atomic E-state index is -0.117. The zero-order valence-corrected chi connectivity index (χ0v) is 13.8. The van der Waals surface area contributed by atoms with E-state index in [9.17, 15) is 4.79 Å². The molecule has 1 N–H and O–H groups in total. The van der Waals surface area contributed by atoms with E-state index in [4.69, 9.17) is 4.74 Å². The summed E-state index contributed by atoms with van der Waals surface area (Å²) in [5, 5.41) is 2.94. The number of rotatable bonds is 3. The average molecular weight is 381 g/mol. The van der Waals surface area contributed by atoms with E-state index in [0.29, 0.717) is 5.56 Å². The van der Waals surface area contributed by atoms with Crippen LogP contribution in [0.4, 0.5) is 5.69 Å². The Morgan fingerprint density at radius 3 is 2.30 bits per heavy atom. The van der Waals surface area contributed by atoms with Crippen LogP contribution in [-0.4, -0.2) is 13.0 Å². The summed E-state index contributed by atoms with van der Waals surface area (Å²) >= 11 is 2.23. The molecule has 0 spiro atoms. The summed E-state index contributed by atoms with van der Waals surface area (Å²) in [4.78, 5) is 12.2. The van der Waals surface area contributed by atoms with Crippen molar-refractivity contribution in [2.24, 2.45) is 0 Å². The van der Waals surface area contributed by atoms with Crippen molar-refractivity contribution in [1.29, 1.82) is 0 Å². The summed E-state index contributed by atoms with van der Waals surface area (Å²) in [5.41, 5.74) is 3.83. The van der Waals surface area contributed by atoms with Crippen LogP contribution in [0.5, 0.6) is 5.75 Å². The lowest BCUT2D eigenvalue weighted by Crippen LogP contribution is -2.13. The topological polar surface area (TPSA) is 38.3 Å². The molecule has 0 aliphatic carbocycles. The molecule has 0 radical (unpaired) electrons. The number of hydrogen-bond acceptors (Lipinski definition) is 2. The third-order valence-corrected chi connectivity index (χ3v) is 4.08. The van der Waals surface area contributed by atoms with Crippen LogP contribution in [0.1, 0.15) is 21.5 Å². The van der Waals surface area contributed by atoms with Gasteiger partial charge in [-0.25, -0.2) is 0 Å². The highest BCUT2D eigenvalue weighted by molar-refractivity contribution is 14.1. The van der Waals surface area contributed by atoms with Crippen LogP contribution in [0.2, 0.25) is 0 Å². The van der Waals surface area contributed by atoms with Crippen LogP contribution in [-0.2, 0) is 0 Å². The number of benzene rings is 2. The minimum absolute atomic E-state index is 0.117. The highest BCUT2D eigenvalue weighted by atomic mass is 127. The molecule has 0 saturated carbocycles. The van der Waals surface area contributed by atoms with Crippen LogP contribution >= 0.6 is 22.6 Å². The fraction of sp³-hybridized carbons (Fsp3) is 0.188. The highest BCUT2D eigenvalue weighted by Crippen LogP contribution is 2.23. The Kier molecular flexibility index (Phi) is 4.65. The molecular formula is C16H16INO2. The van der Waals surface area contributed by atoms with Crippen molar-refractivity contribution < 1.29 is 9.53 Å². The number of amides is 1. The number of methoxy groups -OCH3 is 1. The van der Waals surface area contributed by atoms with Crippen LogP contribution in [0.15, 0.2) is 36.4 Å². The van der Waals surface area contributed by atoms with Gasteiger partial charge in [-0.15, -0.1) is 0 Å².